The smallest absolute Gasteiger partial charge is 0.147 e. The van der Waals surface area contributed by atoms with Gasteiger partial charge in [-0.2, -0.15) is 11.8 Å². The Hall–Kier alpha value is -0.320. The third-order valence-electron chi connectivity index (χ3n) is 2.52. The molecule has 0 aromatic carbocycles. The number of anilines is 2. The Kier molecular flexibility index (Phi) is 4.05. The summed E-state index contributed by atoms with van der Waals surface area (Å²) >= 11 is 13.9. The van der Waals surface area contributed by atoms with Crippen LogP contribution in [0.25, 0.3) is 0 Å². The minimum Gasteiger partial charge on any atom is -0.382 e. The third kappa shape index (κ3) is 2.87. The molecule has 3 N–H and O–H groups in total. The van der Waals surface area contributed by atoms with Crippen LogP contribution >= 0.6 is 35.0 Å². The van der Waals surface area contributed by atoms with E-state index < -0.39 is 0 Å². The molecule has 2 rings (SSSR count). The Morgan fingerprint density at radius 1 is 1.31 bits per heavy atom. The van der Waals surface area contributed by atoms with Gasteiger partial charge in [0.1, 0.15) is 11.6 Å². The van der Waals surface area contributed by atoms with E-state index in [-0.39, 0.29) is 0 Å². The predicted molar refractivity (Wildman–Crippen MR) is 72.6 cm³/mol. The first-order valence-electron chi connectivity index (χ1n) is 5.12. The number of rotatable bonds is 2. The van der Waals surface area contributed by atoms with Crippen molar-refractivity contribution >= 4 is 46.6 Å². The standard InChI is InChI=1S/C10H13Cl2N3S/c11-7-5-8(12)10(15-9(7)13)14-6-1-3-16-4-2-6/h5-6H,1-4H2,(H3,13,14,15). The normalized spacial score (nSPS) is 17.4. The van der Waals surface area contributed by atoms with Crippen molar-refractivity contribution < 1.29 is 0 Å². The topological polar surface area (TPSA) is 50.9 Å². The van der Waals surface area contributed by atoms with E-state index >= 15 is 0 Å². The summed E-state index contributed by atoms with van der Waals surface area (Å²) in [4.78, 5) is 4.16. The summed E-state index contributed by atoms with van der Waals surface area (Å²) in [5.41, 5.74) is 5.65. The number of hydrogen-bond acceptors (Lipinski definition) is 4. The summed E-state index contributed by atoms with van der Waals surface area (Å²) in [7, 11) is 0. The van der Waals surface area contributed by atoms with Crippen LogP contribution in [0.2, 0.25) is 10.0 Å². The van der Waals surface area contributed by atoms with E-state index in [0.717, 1.165) is 12.8 Å². The van der Waals surface area contributed by atoms with Crippen LogP contribution in [-0.2, 0) is 0 Å². The molecule has 1 aliphatic rings. The highest BCUT2D eigenvalue weighted by molar-refractivity contribution is 7.99. The number of halogens is 2. The van der Waals surface area contributed by atoms with E-state index in [2.05, 4.69) is 10.3 Å². The molecule has 1 fully saturated rings. The number of nitrogens with zero attached hydrogens (tertiary/aromatic N) is 1. The quantitative estimate of drug-likeness (QED) is 0.871. The van der Waals surface area contributed by atoms with Crippen molar-refractivity contribution in [2.45, 2.75) is 18.9 Å². The van der Waals surface area contributed by atoms with Gasteiger partial charge in [0.15, 0.2) is 0 Å². The Balaban J connectivity index is 2.11. The molecule has 0 saturated carbocycles. The number of aromatic nitrogens is 1. The van der Waals surface area contributed by atoms with E-state index in [4.69, 9.17) is 28.9 Å². The molecule has 2 heterocycles. The first kappa shape index (κ1) is 12.1. The fraction of sp³-hybridized carbons (Fsp3) is 0.500. The van der Waals surface area contributed by atoms with Gasteiger partial charge in [0.05, 0.1) is 10.0 Å². The van der Waals surface area contributed by atoms with Crippen LogP contribution in [0.15, 0.2) is 6.07 Å². The zero-order chi connectivity index (χ0) is 11.5. The maximum atomic E-state index is 6.05. The highest BCUT2D eigenvalue weighted by Gasteiger charge is 2.16. The van der Waals surface area contributed by atoms with Crippen LogP contribution in [0, 0.1) is 0 Å². The van der Waals surface area contributed by atoms with E-state index in [1.54, 1.807) is 6.07 Å². The lowest BCUT2D eigenvalue weighted by molar-refractivity contribution is 0.664. The van der Waals surface area contributed by atoms with Crippen LogP contribution in [0.1, 0.15) is 12.8 Å². The van der Waals surface area contributed by atoms with Gasteiger partial charge < -0.3 is 11.1 Å². The van der Waals surface area contributed by atoms with Gasteiger partial charge in [-0.25, -0.2) is 4.98 Å². The van der Waals surface area contributed by atoms with Gasteiger partial charge in [0.25, 0.3) is 0 Å². The van der Waals surface area contributed by atoms with Crippen LogP contribution in [0.4, 0.5) is 11.6 Å². The van der Waals surface area contributed by atoms with Crippen molar-refractivity contribution in [1.82, 2.24) is 4.98 Å². The van der Waals surface area contributed by atoms with Crippen molar-refractivity contribution in [1.29, 1.82) is 0 Å². The number of thioether (sulfide) groups is 1. The van der Waals surface area contributed by atoms with Crippen molar-refractivity contribution in [2.75, 3.05) is 22.6 Å². The molecule has 1 aromatic rings. The number of nitrogen functional groups attached to an aromatic ring is 1. The molecule has 0 radical (unpaired) electrons. The number of pyridine rings is 1. The average molecular weight is 278 g/mol. The van der Waals surface area contributed by atoms with Crippen molar-refractivity contribution in [3.05, 3.63) is 16.1 Å². The summed E-state index contributed by atoms with van der Waals surface area (Å²) in [6.07, 6.45) is 2.26. The third-order valence-corrected chi connectivity index (χ3v) is 4.16. The van der Waals surface area contributed by atoms with Gasteiger partial charge in [-0.1, -0.05) is 23.2 Å². The van der Waals surface area contributed by atoms with Gasteiger partial charge in [-0.15, -0.1) is 0 Å². The molecule has 88 valence electrons. The van der Waals surface area contributed by atoms with Gasteiger partial charge >= 0.3 is 0 Å². The highest BCUT2D eigenvalue weighted by atomic mass is 35.5. The van der Waals surface area contributed by atoms with Gasteiger partial charge in [-0.3, -0.25) is 0 Å². The number of nitrogens with one attached hydrogen (secondary N) is 1. The Morgan fingerprint density at radius 3 is 2.69 bits per heavy atom. The Labute approximate surface area is 109 Å². The first-order chi connectivity index (χ1) is 7.66. The summed E-state index contributed by atoms with van der Waals surface area (Å²) in [5, 5.41) is 4.25. The van der Waals surface area contributed by atoms with Crippen molar-refractivity contribution in [2.24, 2.45) is 0 Å². The molecule has 0 atom stereocenters. The second-order valence-electron chi connectivity index (χ2n) is 3.72. The molecular formula is C10H13Cl2N3S. The molecule has 1 saturated heterocycles. The van der Waals surface area contributed by atoms with Gasteiger partial charge in [-0.05, 0) is 30.4 Å². The molecule has 0 unspecified atom stereocenters. The molecule has 16 heavy (non-hydrogen) atoms. The summed E-state index contributed by atoms with van der Waals surface area (Å²) in [5.74, 6) is 3.32. The summed E-state index contributed by atoms with van der Waals surface area (Å²) in [6.45, 7) is 0. The molecule has 0 amide bonds. The molecule has 1 aromatic heterocycles. The molecule has 0 bridgehead atoms. The molecule has 6 heteroatoms. The van der Waals surface area contributed by atoms with E-state index in [1.165, 1.54) is 11.5 Å². The Bertz CT molecular complexity index is 381. The second kappa shape index (κ2) is 5.34. The summed E-state index contributed by atoms with van der Waals surface area (Å²) in [6, 6.07) is 2.07. The fourth-order valence-corrected chi connectivity index (χ4v) is 3.14. The maximum Gasteiger partial charge on any atom is 0.147 e. The van der Waals surface area contributed by atoms with E-state index in [9.17, 15) is 0 Å². The van der Waals surface area contributed by atoms with E-state index in [1.807, 2.05) is 11.8 Å². The Morgan fingerprint density at radius 2 is 2.00 bits per heavy atom. The van der Waals surface area contributed by atoms with Gasteiger partial charge in [0, 0.05) is 6.04 Å². The number of nitrogens with two attached hydrogens (primary N) is 1. The zero-order valence-electron chi connectivity index (χ0n) is 8.67. The molecule has 1 aliphatic heterocycles. The predicted octanol–water partition coefficient (Wildman–Crippen LogP) is 3.28. The minimum absolute atomic E-state index is 0.318. The monoisotopic (exact) mass is 277 g/mol. The van der Waals surface area contributed by atoms with E-state index in [0.29, 0.717) is 27.7 Å². The highest BCUT2D eigenvalue weighted by Crippen LogP contribution is 2.29. The van der Waals surface area contributed by atoms with Crippen molar-refractivity contribution in [3.63, 3.8) is 0 Å². The van der Waals surface area contributed by atoms with Crippen molar-refractivity contribution in [3.8, 4) is 0 Å². The first-order valence-corrected chi connectivity index (χ1v) is 7.03. The zero-order valence-corrected chi connectivity index (χ0v) is 11.0. The average Bonchev–Trinajstić information content (AvgIpc) is 2.27. The second-order valence-corrected chi connectivity index (χ2v) is 5.76. The lowest BCUT2D eigenvalue weighted by Crippen LogP contribution is -2.25. The lowest BCUT2D eigenvalue weighted by Gasteiger charge is -2.23. The van der Waals surface area contributed by atoms with Crippen LogP contribution in [0.5, 0.6) is 0 Å². The largest absolute Gasteiger partial charge is 0.382 e. The van der Waals surface area contributed by atoms with Gasteiger partial charge in [0.2, 0.25) is 0 Å². The minimum atomic E-state index is 0.318. The lowest BCUT2D eigenvalue weighted by atomic mass is 10.1. The fourth-order valence-electron chi connectivity index (χ4n) is 1.62. The van der Waals surface area contributed by atoms with Crippen LogP contribution < -0.4 is 11.1 Å². The van der Waals surface area contributed by atoms with Crippen LogP contribution in [-0.4, -0.2) is 22.5 Å². The summed E-state index contributed by atoms with van der Waals surface area (Å²) < 4.78 is 0. The molecule has 3 nitrogen and oxygen atoms in total. The SMILES string of the molecule is Nc1nc(NC2CCSCC2)c(Cl)cc1Cl. The molecule has 0 spiro atoms. The molecular weight excluding hydrogens is 265 g/mol. The van der Waals surface area contributed by atoms with Crippen LogP contribution in [0.3, 0.4) is 0 Å². The molecule has 0 aliphatic carbocycles. The number of hydrogen-bond donors (Lipinski definition) is 2. The maximum absolute atomic E-state index is 6.05.